The molecule has 2 fully saturated rings. The number of likely N-dealkylation sites (N-methyl/N-ethyl adjacent to an activating group) is 1. The zero-order valence-electron chi connectivity index (χ0n) is 17.9. The summed E-state index contributed by atoms with van der Waals surface area (Å²) in [7, 11) is 2.17. The highest BCUT2D eigenvalue weighted by atomic mass is 16.3. The number of piperazine rings is 1. The van der Waals surface area contributed by atoms with Crippen LogP contribution in [0.5, 0.6) is 0 Å². The molecule has 1 aromatic heterocycles. The molecule has 156 valence electrons. The summed E-state index contributed by atoms with van der Waals surface area (Å²) < 4.78 is 0. The fourth-order valence-electron chi connectivity index (χ4n) is 4.70. The molecule has 0 spiro atoms. The highest BCUT2D eigenvalue weighted by Gasteiger charge is 2.46. The first kappa shape index (κ1) is 20.3. The van der Waals surface area contributed by atoms with Crippen LogP contribution in [0, 0.1) is 6.92 Å². The Morgan fingerprint density at radius 1 is 1.10 bits per heavy atom. The first-order chi connectivity index (χ1) is 14.0. The van der Waals surface area contributed by atoms with Crippen molar-refractivity contribution in [2.24, 2.45) is 0 Å². The number of hydrogen-bond acceptors (Lipinski definition) is 6. The van der Waals surface area contributed by atoms with E-state index in [1.165, 1.54) is 0 Å². The van der Waals surface area contributed by atoms with Crippen molar-refractivity contribution >= 4 is 5.95 Å². The summed E-state index contributed by atoms with van der Waals surface area (Å²) in [5.41, 5.74) is 2.41. The molecule has 2 saturated heterocycles. The Hall–Kier alpha value is -2.02. The maximum absolute atomic E-state index is 11.9. The van der Waals surface area contributed by atoms with E-state index < -0.39 is 5.60 Å². The zero-order chi connectivity index (χ0) is 20.4. The molecule has 1 aromatic carbocycles. The number of hydrogen-bond donors (Lipinski definition) is 1. The molecule has 0 bridgehead atoms. The molecule has 0 unspecified atom stereocenters. The molecule has 2 aliphatic heterocycles. The van der Waals surface area contributed by atoms with Crippen LogP contribution in [0.25, 0.3) is 0 Å². The quantitative estimate of drug-likeness (QED) is 0.855. The molecule has 0 saturated carbocycles. The minimum atomic E-state index is -0.855. The van der Waals surface area contributed by atoms with Gasteiger partial charge >= 0.3 is 0 Å². The number of aliphatic hydroxyl groups is 1. The second-order valence-electron chi connectivity index (χ2n) is 8.49. The average Bonchev–Trinajstić information content (AvgIpc) is 2.76. The first-order valence-corrected chi connectivity index (χ1v) is 10.8. The van der Waals surface area contributed by atoms with Crippen molar-refractivity contribution in [2.45, 2.75) is 38.3 Å². The van der Waals surface area contributed by atoms with Crippen LogP contribution in [-0.2, 0) is 12.0 Å². The molecule has 6 heteroatoms. The van der Waals surface area contributed by atoms with E-state index in [4.69, 9.17) is 4.98 Å². The molecular formula is C23H33N5O. The number of nitrogens with zero attached hydrogens (tertiary/aromatic N) is 5. The number of rotatable bonds is 4. The van der Waals surface area contributed by atoms with Gasteiger partial charge < -0.3 is 14.9 Å². The van der Waals surface area contributed by atoms with E-state index >= 15 is 0 Å². The van der Waals surface area contributed by atoms with Crippen LogP contribution in [0.2, 0.25) is 0 Å². The minimum absolute atomic E-state index is 0.0160. The van der Waals surface area contributed by atoms with Crippen molar-refractivity contribution in [1.29, 1.82) is 0 Å². The molecule has 4 rings (SSSR count). The third-order valence-electron chi connectivity index (χ3n) is 6.64. The van der Waals surface area contributed by atoms with Crippen LogP contribution < -0.4 is 4.90 Å². The van der Waals surface area contributed by atoms with Gasteiger partial charge in [-0.15, -0.1) is 0 Å². The van der Waals surface area contributed by atoms with Gasteiger partial charge in [0.2, 0.25) is 5.95 Å². The predicted molar refractivity (Wildman–Crippen MR) is 116 cm³/mol. The number of benzene rings is 1. The topological polar surface area (TPSA) is 55.7 Å². The van der Waals surface area contributed by atoms with E-state index in [1.54, 1.807) is 0 Å². The van der Waals surface area contributed by atoms with Crippen LogP contribution in [0.1, 0.15) is 30.2 Å². The van der Waals surface area contributed by atoms with Crippen LogP contribution in [0.4, 0.5) is 5.95 Å². The highest BCUT2D eigenvalue weighted by Crippen LogP contribution is 2.37. The summed E-state index contributed by atoms with van der Waals surface area (Å²) in [4.78, 5) is 16.5. The van der Waals surface area contributed by atoms with Crippen LogP contribution >= 0.6 is 0 Å². The van der Waals surface area contributed by atoms with E-state index in [1.807, 2.05) is 24.4 Å². The monoisotopic (exact) mass is 395 g/mol. The van der Waals surface area contributed by atoms with Crippen LogP contribution in [0.15, 0.2) is 36.5 Å². The number of piperidine rings is 1. The first-order valence-electron chi connectivity index (χ1n) is 10.8. The lowest BCUT2D eigenvalue weighted by molar-refractivity contribution is -0.0758. The highest BCUT2D eigenvalue weighted by molar-refractivity contribution is 5.37. The number of anilines is 1. The molecule has 0 radical (unpaired) electrons. The van der Waals surface area contributed by atoms with Crippen molar-refractivity contribution in [2.75, 3.05) is 51.2 Å². The maximum atomic E-state index is 11.9. The summed E-state index contributed by atoms with van der Waals surface area (Å²) in [6.45, 7) is 9.70. The molecular weight excluding hydrogens is 362 g/mol. The van der Waals surface area contributed by atoms with Gasteiger partial charge in [0.1, 0.15) is 5.60 Å². The van der Waals surface area contributed by atoms with Gasteiger partial charge in [-0.1, -0.05) is 37.3 Å². The van der Waals surface area contributed by atoms with Gasteiger partial charge in [0, 0.05) is 51.2 Å². The Bertz CT molecular complexity index is 821. The summed E-state index contributed by atoms with van der Waals surface area (Å²) in [6, 6.07) is 10.2. The molecule has 2 aromatic rings. The second kappa shape index (κ2) is 8.38. The van der Waals surface area contributed by atoms with Crippen LogP contribution in [0.3, 0.4) is 0 Å². The van der Waals surface area contributed by atoms with E-state index in [0.717, 1.165) is 68.5 Å². The van der Waals surface area contributed by atoms with Gasteiger partial charge in [0.05, 0.1) is 6.04 Å². The zero-order valence-corrected chi connectivity index (χ0v) is 17.9. The van der Waals surface area contributed by atoms with Gasteiger partial charge in [0.25, 0.3) is 0 Å². The standard InChI is InChI=1S/C23H33N5O/c1-4-20-18(2)16-24-22(25-20)28-11-10-23(29,19-8-6-5-7-9-19)21(17-28)27-14-12-26(3)13-15-27/h5-9,16,21,29H,4,10-15,17H2,1-3H3/t21-,23+/m1/s1. The Labute approximate surface area is 174 Å². The summed E-state index contributed by atoms with van der Waals surface area (Å²) in [5.74, 6) is 0.793. The number of aromatic nitrogens is 2. The lowest BCUT2D eigenvalue weighted by Crippen LogP contribution is -2.64. The van der Waals surface area contributed by atoms with Crippen molar-refractivity contribution in [3.8, 4) is 0 Å². The lowest BCUT2D eigenvalue weighted by Gasteiger charge is -2.51. The van der Waals surface area contributed by atoms with E-state index in [2.05, 4.69) is 52.7 Å². The lowest BCUT2D eigenvalue weighted by atomic mass is 9.79. The fourth-order valence-corrected chi connectivity index (χ4v) is 4.70. The molecule has 29 heavy (non-hydrogen) atoms. The molecule has 6 nitrogen and oxygen atoms in total. The third kappa shape index (κ3) is 4.02. The molecule has 0 amide bonds. The van der Waals surface area contributed by atoms with Gasteiger partial charge in [-0.05, 0) is 37.9 Å². The maximum Gasteiger partial charge on any atom is 0.225 e. The minimum Gasteiger partial charge on any atom is -0.383 e. The van der Waals surface area contributed by atoms with Crippen molar-refractivity contribution in [1.82, 2.24) is 19.8 Å². The third-order valence-corrected chi connectivity index (χ3v) is 6.64. The van der Waals surface area contributed by atoms with Gasteiger partial charge in [-0.25, -0.2) is 9.97 Å². The fraction of sp³-hybridized carbons (Fsp3) is 0.565. The Morgan fingerprint density at radius 3 is 2.52 bits per heavy atom. The van der Waals surface area contributed by atoms with Gasteiger partial charge in [-0.2, -0.15) is 0 Å². The SMILES string of the molecule is CCc1nc(N2CC[C@](O)(c3ccccc3)[C@H](N3CCN(C)CC3)C2)ncc1C. The normalized spacial score (nSPS) is 26.6. The Kier molecular flexibility index (Phi) is 5.86. The average molecular weight is 396 g/mol. The second-order valence-corrected chi connectivity index (χ2v) is 8.49. The smallest absolute Gasteiger partial charge is 0.225 e. The van der Waals surface area contributed by atoms with Crippen molar-refractivity contribution in [3.05, 3.63) is 53.3 Å². The van der Waals surface area contributed by atoms with Gasteiger partial charge in [-0.3, -0.25) is 4.90 Å². The molecule has 0 aliphatic carbocycles. The van der Waals surface area contributed by atoms with E-state index in [-0.39, 0.29) is 6.04 Å². The van der Waals surface area contributed by atoms with E-state index in [0.29, 0.717) is 6.42 Å². The van der Waals surface area contributed by atoms with Crippen molar-refractivity contribution in [3.63, 3.8) is 0 Å². The summed E-state index contributed by atoms with van der Waals surface area (Å²) >= 11 is 0. The Morgan fingerprint density at radius 2 is 1.83 bits per heavy atom. The summed E-state index contributed by atoms with van der Waals surface area (Å²) in [6.07, 6.45) is 3.52. The van der Waals surface area contributed by atoms with E-state index in [9.17, 15) is 5.11 Å². The largest absolute Gasteiger partial charge is 0.383 e. The predicted octanol–water partition coefficient (Wildman–Crippen LogP) is 2.06. The van der Waals surface area contributed by atoms with Crippen LogP contribution in [-0.4, -0.2) is 77.2 Å². The van der Waals surface area contributed by atoms with Gasteiger partial charge in [0.15, 0.2) is 0 Å². The number of aryl methyl sites for hydroxylation is 2. The summed E-state index contributed by atoms with van der Waals surface area (Å²) in [5, 5.41) is 11.9. The molecule has 2 atom stereocenters. The van der Waals surface area contributed by atoms with Crippen molar-refractivity contribution < 1.29 is 5.11 Å². The molecule has 3 heterocycles. The Balaban J connectivity index is 1.64. The molecule has 1 N–H and O–H groups in total. The molecule has 2 aliphatic rings.